The second-order valence-electron chi connectivity index (χ2n) is 7.24. The van der Waals surface area contributed by atoms with E-state index in [1.807, 2.05) is 36.4 Å². The molecule has 2 aliphatic rings. The highest BCUT2D eigenvalue weighted by atomic mass is 35.5. The smallest absolute Gasteiger partial charge is 0.322 e. The summed E-state index contributed by atoms with van der Waals surface area (Å²) in [6.45, 7) is 0.128. The number of carbonyl (C=O) groups excluding carboxylic acids is 1. The van der Waals surface area contributed by atoms with Crippen LogP contribution in [0.25, 0.3) is 21.9 Å². The zero-order chi connectivity index (χ0) is 20.3. The molecule has 2 saturated heterocycles. The molecule has 9 heteroatoms. The molecule has 6 nitrogen and oxygen atoms in total. The van der Waals surface area contributed by atoms with Gasteiger partial charge < -0.3 is 20.2 Å². The number of rotatable bonds is 4. The van der Waals surface area contributed by atoms with E-state index in [0.717, 1.165) is 32.4 Å². The first-order valence-corrected chi connectivity index (χ1v) is 11.4. The van der Waals surface area contributed by atoms with Crippen LogP contribution in [0.5, 0.6) is 0 Å². The largest absolute Gasteiger partial charge is 0.480 e. The number of nitrogens with zero attached hydrogens (tertiary/aromatic N) is 1. The highest BCUT2D eigenvalue weighted by molar-refractivity contribution is 8.05. The zero-order valence-electron chi connectivity index (χ0n) is 15.1. The Bertz CT molecular complexity index is 1170. The molecule has 2 fully saturated rings. The molecule has 0 aliphatic carbocycles. The normalized spacial score (nSPS) is 26.6. The number of carboxylic acid groups (broad SMARTS) is 1. The van der Waals surface area contributed by atoms with Crippen LogP contribution in [0.4, 0.5) is 0 Å². The summed E-state index contributed by atoms with van der Waals surface area (Å²) in [5.74, 6) is -0.551. The van der Waals surface area contributed by atoms with Crippen molar-refractivity contribution in [2.45, 2.75) is 26.9 Å². The number of para-hydroxylation sites is 1. The molecule has 1 aromatic heterocycles. The van der Waals surface area contributed by atoms with Gasteiger partial charge in [-0.25, -0.2) is 0 Å². The molecule has 3 atom stereocenters. The molecule has 3 N–H and O–H groups in total. The summed E-state index contributed by atoms with van der Waals surface area (Å²) in [6.07, 6.45) is 0. The summed E-state index contributed by atoms with van der Waals surface area (Å²) in [7, 11) is 0. The van der Waals surface area contributed by atoms with Gasteiger partial charge in [-0.1, -0.05) is 18.2 Å². The maximum absolute atomic E-state index is 12.3. The van der Waals surface area contributed by atoms with Gasteiger partial charge in [0.25, 0.3) is 0 Å². The van der Waals surface area contributed by atoms with E-state index in [0.29, 0.717) is 5.75 Å². The average Bonchev–Trinajstić information content (AvgIpc) is 3.11. The molecule has 3 aromatic rings. The molecule has 0 saturated carbocycles. The van der Waals surface area contributed by atoms with Gasteiger partial charge in [-0.2, -0.15) is 0 Å². The van der Waals surface area contributed by atoms with E-state index in [1.54, 1.807) is 4.90 Å². The topological polar surface area (TPSA) is 96.8 Å². The van der Waals surface area contributed by atoms with Crippen molar-refractivity contribution < 1.29 is 19.1 Å². The van der Waals surface area contributed by atoms with E-state index in [1.165, 1.54) is 23.5 Å². The van der Waals surface area contributed by atoms with Crippen molar-refractivity contribution in [2.24, 2.45) is 5.73 Å². The summed E-state index contributed by atoms with van der Waals surface area (Å²) >= 11 is 9.02. The SMILES string of the molecule is N[C@@H]1C(=O)N2CC(Sc3ccc4oc5ccccc5c4c3CCl)(C(=O)O)CS[C@H]12. The Morgan fingerprint density at radius 1 is 1.34 bits per heavy atom. The quantitative estimate of drug-likeness (QED) is 0.465. The molecule has 150 valence electrons. The van der Waals surface area contributed by atoms with Crippen LogP contribution in [-0.4, -0.2) is 50.3 Å². The third kappa shape index (κ3) is 2.77. The number of alkyl halides is 1. The summed E-state index contributed by atoms with van der Waals surface area (Å²) in [5, 5.41) is 11.8. The lowest BCUT2D eigenvalue weighted by atomic mass is 10.0. The Balaban J connectivity index is 1.59. The van der Waals surface area contributed by atoms with E-state index < -0.39 is 16.8 Å². The van der Waals surface area contributed by atoms with Crippen molar-refractivity contribution in [3.63, 3.8) is 0 Å². The van der Waals surface area contributed by atoms with Gasteiger partial charge in [-0.15, -0.1) is 35.1 Å². The number of carboxylic acids is 1. The molecule has 0 spiro atoms. The number of halogens is 1. The van der Waals surface area contributed by atoms with E-state index in [-0.39, 0.29) is 23.7 Å². The maximum atomic E-state index is 12.3. The van der Waals surface area contributed by atoms with Gasteiger partial charge in [0.1, 0.15) is 27.3 Å². The number of hydrogen-bond acceptors (Lipinski definition) is 6. The Hall–Kier alpha value is -1.87. The van der Waals surface area contributed by atoms with Crippen LogP contribution < -0.4 is 5.73 Å². The molecule has 5 rings (SSSR count). The van der Waals surface area contributed by atoms with Gasteiger partial charge >= 0.3 is 5.97 Å². The molecular formula is C20H17ClN2O4S2. The lowest BCUT2D eigenvalue weighted by Gasteiger charge is -2.52. The molecule has 2 aromatic carbocycles. The number of benzene rings is 2. The van der Waals surface area contributed by atoms with Gasteiger partial charge in [0.2, 0.25) is 5.91 Å². The monoisotopic (exact) mass is 448 g/mol. The van der Waals surface area contributed by atoms with Gasteiger partial charge in [0.05, 0.1) is 0 Å². The molecule has 1 amide bonds. The van der Waals surface area contributed by atoms with Crippen LogP contribution in [0.15, 0.2) is 45.7 Å². The van der Waals surface area contributed by atoms with Crippen molar-refractivity contribution in [3.05, 3.63) is 42.0 Å². The van der Waals surface area contributed by atoms with Crippen molar-refractivity contribution in [2.75, 3.05) is 12.3 Å². The van der Waals surface area contributed by atoms with Crippen LogP contribution in [0.2, 0.25) is 0 Å². The molecular weight excluding hydrogens is 432 g/mol. The number of furan rings is 1. The van der Waals surface area contributed by atoms with Crippen LogP contribution in [0.1, 0.15) is 5.56 Å². The standard InChI is InChI=1S/C20H17ClN2O4S2/c21-7-11-14(6-5-13-15(11)10-3-1-2-4-12(10)27-13)29-20(19(25)26)8-23-17(24)16(22)18(23)28-9-20/h1-6,16,18H,7-9,22H2,(H,25,26)/t16-,18-,20?/m1/s1. The Morgan fingerprint density at radius 3 is 2.90 bits per heavy atom. The molecule has 2 aliphatic heterocycles. The van der Waals surface area contributed by atoms with Crippen LogP contribution >= 0.6 is 35.1 Å². The predicted molar refractivity (Wildman–Crippen MR) is 115 cm³/mol. The minimum absolute atomic E-state index is 0.128. The number of aliphatic carboxylic acids is 1. The summed E-state index contributed by atoms with van der Waals surface area (Å²) in [4.78, 5) is 26.8. The second-order valence-corrected chi connectivity index (χ2v) is 10.0. The fourth-order valence-electron chi connectivity index (χ4n) is 3.99. The van der Waals surface area contributed by atoms with Crippen LogP contribution in [-0.2, 0) is 15.5 Å². The number of fused-ring (bicyclic) bond motifs is 4. The Kier molecular flexibility index (Phi) is 4.51. The summed E-state index contributed by atoms with van der Waals surface area (Å²) in [6, 6.07) is 10.9. The lowest BCUT2D eigenvalue weighted by molar-refractivity contribution is -0.148. The predicted octanol–water partition coefficient (Wildman–Crippen LogP) is 3.48. The van der Waals surface area contributed by atoms with Gasteiger partial charge in [-0.3, -0.25) is 9.59 Å². The average molecular weight is 449 g/mol. The highest BCUT2D eigenvalue weighted by Crippen LogP contribution is 2.48. The number of amides is 1. The number of nitrogens with two attached hydrogens (primary N) is 1. The first-order valence-electron chi connectivity index (χ1n) is 9.04. The van der Waals surface area contributed by atoms with E-state index in [9.17, 15) is 14.7 Å². The summed E-state index contributed by atoms with van der Waals surface area (Å²) < 4.78 is 4.76. The zero-order valence-corrected chi connectivity index (χ0v) is 17.5. The van der Waals surface area contributed by atoms with Gasteiger partial charge in [-0.05, 0) is 23.8 Å². The van der Waals surface area contributed by atoms with Crippen molar-refractivity contribution in [1.29, 1.82) is 0 Å². The van der Waals surface area contributed by atoms with E-state index >= 15 is 0 Å². The van der Waals surface area contributed by atoms with Crippen molar-refractivity contribution in [3.8, 4) is 0 Å². The number of β-lactam (4-membered cyclic amide) rings is 1. The molecule has 0 bridgehead atoms. The third-order valence-electron chi connectivity index (χ3n) is 5.53. The van der Waals surface area contributed by atoms with E-state index in [2.05, 4.69) is 0 Å². The first kappa shape index (κ1) is 19.1. The van der Waals surface area contributed by atoms with Gasteiger partial charge in [0.15, 0.2) is 0 Å². The minimum Gasteiger partial charge on any atom is -0.480 e. The fourth-order valence-corrected chi connectivity index (χ4v) is 7.27. The van der Waals surface area contributed by atoms with Crippen LogP contribution in [0, 0.1) is 0 Å². The second kappa shape index (κ2) is 6.84. The highest BCUT2D eigenvalue weighted by Gasteiger charge is 2.56. The first-order chi connectivity index (χ1) is 13.9. The Labute approximate surface area is 179 Å². The van der Waals surface area contributed by atoms with Crippen LogP contribution in [0.3, 0.4) is 0 Å². The van der Waals surface area contributed by atoms with E-state index in [4.69, 9.17) is 21.8 Å². The van der Waals surface area contributed by atoms with Gasteiger partial charge in [0, 0.05) is 33.8 Å². The third-order valence-corrected chi connectivity index (χ3v) is 8.97. The fraction of sp³-hybridized carbons (Fsp3) is 0.300. The molecule has 1 unspecified atom stereocenters. The Morgan fingerprint density at radius 2 is 2.14 bits per heavy atom. The van der Waals surface area contributed by atoms with Crippen molar-refractivity contribution in [1.82, 2.24) is 4.90 Å². The van der Waals surface area contributed by atoms with Crippen molar-refractivity contribution >= 4 is 68.9 Å². The molecule has 29 heavy (non-hydrogen) atoms. The molecule has 0 radical (unpaired) electrons. The lowest BCUT2D eigenvalue weighted by Crippen LogP contribution is -2.73. The minimum atomic E-state index is -1.16. The number of thioether (sulfide) groups is 2. The number of carbonyl (C=O) groups is 2. The molecule has 3 heterocycles. The maximum Gasteiger partial charge on any atom is 0.322 e. The number of hydrogen-bond donors (Lipinski definition) is 2. The summed E-state index contributed by atoms with van der Waals surface area (Å²) in [5.41, 5.74) is 8.18.